The molecule has 0 spiro atoms. The van der Waals surface area contributed by atoms with Gasteiger partial charge in [-0.2, -0.15) is 0 Å². The van der Waals surface area contributed by atoms with E-state index < -0.39 is 58.0 Å². The summed E-state index contributed by atoms with van der Waals surface area (Å²) in [4.78, 5) is 43.0. The topological polar surface area (TPSA) is 165 Å². The molecular weight excluding hydrogens is 550 g/mol. The second-order valence-corrected chi connectivity index (χ2v) is 12.3. The number of benzene rings is 2. The second kappa shape index (κ2) is 10.8. The molecule has 4 atom stereocenters. The van der Waals surface area contributed by atoms with E-state index in [9.17, 15) is 34.8 Å². The maximum absolute atomic E-state index is 14.2. The van der Waals surface area contributed by atoms with Gasteiger partial charge in [-0.05, 0) is 68.5 Å². The van der Waals surface area contributed by atoms with Crippen molar-refractivity contribution in [1.82, 2.24) is 4.90 Å². The van der Waals surface area contributed by atoms with Gasteiger partial charge in [0, 0.05) is 36.8 Å². The first-order chi connectivity index (χ1) is 20.2. The quantitative estimate of drug-likeness (QED) is 0.305. The van der Waals surface area contributed by atoms with Crippen LogP contribution in [0.4, 0.5) is 5.69 Å². The van der Waals surface area contributed by atoms with Crippen LogP contribution in [0.2, 0.25) is 0 Å². The fourth-order valence-corrected chi connectivity index (χ4v) is 7.14. The van der Waals surface area contributed by atoms with Gasteiger partial charge < -0.3 is 31.1 Å². The predicted molar refractivity (Wildman–Crippen MR) is 163 cm³/mol. The molecule has 10 heteroatoms. The number of aryl methyl sites for hydroxylation is 1. The summed E-state index contributed by atoms with van der Waals surface area (Å²) in [5.41, 5.74) is 5.54. The van der Waals surface area contributed by atoms with Crippen molar-refractivity contribution in [3.63, 3.8) is 0 Å². The van der Waals surface area contributed by atoms with Gasteiger partial charge in [0.15, 0.2) is 11.4 Å². The highest BCUT2D eigenvalue weighted by Gasteiger charge is 2.64. The van der Waals surface area contributed by atoms with Crippen LogP contribution in [0.1, 0.15) is 42.9 Å². The van der Waals surface area contributed by atoms with Gasteiger partial charge >= 0.3 is 0 Å². The molecule has 10 nitrogen and oxygen atoms in total. The number of aromatic hydroxyl groups is 1. The number of phenolic OH excluding ortho intramolecular Hbond substituents is 1. The lowest BCUT2D eigenvalue weighted by Crippen LogP contribution is -2.65. The van der Waals surface area contributed by atoms with Crippen LogP contribution in [0, 0.1) is 11.8 Å². The Labute approximate surface area is 250 Å². The van der Waals surface area contributed by atoms with Gasteiger partial charge in [-0.3, -0.25) is 19.3 Å². The van der Waals surface area contributed by atoms with Gasteiger partial charge in [0.1, 0.15) is 22.8 Å². The van der Waals surface area contributed by atoms with Crippen LogP contribution >= 0.6 is 0 Å². The normalized spacial score (nSPS) is 25.0. The highest BCUT2D eigenvalue weighted by Crippen LogP contribution is 2.54. The Balaban J connectivity index is 1.71. The zero-order valence-electron chi connectivity index (χ0n) is 25.1. The van der Waals surface area contributed by atoms with Crippen LogP contribution in [0.15, 0.2) is 47.2 Å². The largest absolute Gasteiger partial charge is 0.508 e. The predicted octanol–water partition coefficient (Wildman–Crippen LogP) is 3.04. The third kappa shape index (κ3) is 4.51. The molecule has 2 aromatic rings. The lowest BCUT2D eigenvalue weighted by atomic mass is 9.57. The zero-order valence-corrected chi connectivity index (χ0v) is 25.1. The number of amides is 1. The Morgan fingerprint density at radius 2 is 1.72 bits per heavy atom. The monoisotopic (exact) mass is 589 g/mol. The summed E-state index contributed by atoms with van der Waals surface area (Å²) in [6.45, 7) is 2.13. The molecule has 228 valence electrons. The van der Waals surface area contributed by atoms with E-state index in [4.69, 9.17) is 5.73 Å². The van der Waals surface area contributed by atoms with E-state index >= 15 is 0 Å². The second-order valence-electron chi connectivity index (χ2n) is 12.3. The Morgan fingerprint density at radius 3 is 2.28 bits per heavy atom. The number of primary amides is 1. The molecule has 0 radical (unpaired) electrons. The minimum absolute atomic E-state index is 0.0420. The molecule has 3 aliphatic carbocycles. The van der Waals surface area contributed by atoms with Crippen LogP contribution in [0.3, 0.4) is 0 Å². The molecule has 2 aromatic carbocycles. The number of rotatable bonds is 7. The summed E-state index contributed by atoms with van der Waals surface area (Å²) in [7, 11) is 6.85. The van der Waals surface area contributed by atoms with Crippen LogP contribution < -0.4 is 10.6 Å². The number of carbonyl (C=O) groups excluding carboxylic acids is 3. The van der Waals surface area contributed by atoms with E-state index in [2.05, 4.69) is 6.92 Å². The van der Waals surface area contributed by atoms with Crippen molar-refractivity contribution in [1.29, 1.82) is 0 Å². The average Bonchev–Trinajstić information content (AvgIpc) is 2.93. The molecule has 0 unspecified atom stereocenters. The molecular formula is C33H39N3O7. The molecule has 1 saturated carbocycles. The van der Waals surface area contributed by atoms with Crippen LogP contribution in [0.25, 0.3) is 16.9 Å². The molecule has 1 fully saturated rings. The minimum Gasteiger partial charge on any atom is -0.508 e. The number of ketones is 2. The SMILES string of the molecule is CCCCc1ccc(-c2cc(N(C)C)c3c(c2O)C(O)=C2C(=O)[C@]4(O)C(O)=C(C(N)=O)C(=O)[C@@H](N(C)C)[C@H]4C[C@H]2C3)cc1. The minimum atomic E-state index is -2.67. The van der Waals surface area contributed by atoms with E-state index in [0.29, 0.717) is 11.1 Å². The van der Waals surface area contributed by atoms with Crippen molar-refractivity contribution >= 4 is 28.9 Å². The lowest BCUT2D eigenvalue weighted by Gasteiger charge is -2.50. The number of Topliss-reactive ketones (excluding diaryl/α,β-unsaturated/α-hetero) is 2. The van der Waals surface area contributed by atoms with E-state index in [1.807, 2.05) is 49.3 Å². The van der Waals surface area contributed by atoms with Crippen LogP contribution in [-0.4, -0.2) is 82.6 Å². The first kappa shape index (κ1) is 30.3. The Hall–Kier alpha value is -4.15. The maximum atomic E-state index is 14.2. The van der Waals surface area contributed by atoms with E-state index in [0.717, 1.165) is 30.5 Å². The van der Waals surface area contributed by atoms with Gasteiger partial charge in [-0.1, -0.05) is 37.6 Å². The zero-order chi connectivity index (χ0) is 31.5. The first-order valence-corrected chi connectivity index (χ1v) is 14.6. The number of phenols is 1. The third-order valence-electron chi connectivity index (χ3n) is 9.26. The lowest BCUT2D eigenvalue weighted by molar-refractivity contribution is -0.153. The maximum Gasteiger partial charge on any atom is 0.255 e. The fraction of sp³-hybridized carbons (Fsp3) is 0.424. The van der Waals surface area contributed by atoms with Crippen molar-refractivity contribution in [2.24, 2.45) is 17.6 Å². The van der Waals surface area contributed by atoms with Crippen molar-refractivity contribution < 1.29 is 34.8 Å². The van der Waals surface area contributed by atoms with Crippen LogP contribution in [-0.2, 0) is 27.2 Å². The summed E-state index contributed by atoms with van der Waals surface area (Å²) >= 11 is 0. The number of hydrogen-bond acceptors (Lipinski definition) is 9. The summed E-state index contributed by atoms with van der Waals surface area (Å²) in [5, 5.41) is 46.2. The number of anilines is 1. The molecule has 0 bridgehead atoms. The number of aliphatic hydroxyl groups excluding tert-OH is 2. The third-order valence-corrected chi connectivity index (χ3v) is 9.26. The van der Waals surface area contributed by atoms with Gasteiger partial charge in [0.05, 0.1) is 11.6 Å². The van der Waals surface area contributed by atoms with Crippen LogP contribution in [0.5, 0.6) is 5.75 Å². The smallest absolute Gasteiger partial charge is 0.255 e. The Bertz CT molecular complexity index is 1590. The summed E-state index contributed by atoms with van der Waals surface area (Å²) in [5.74, 6) is -6.63. The van der Waals surface area contributed by atoms with Crippen molar-refractivity contribution in [3.8, 4) is 16.9 Å². The summed E-state index contributed by atoms with van der Waals surface area (Å²) in [6, 6.07) is 8.57. The number of likely N-dealkylation sites (N-methyl/N-ethyl adjacent to an activating group) is 1. The van der Waals surface area contributed by atoms with Gasteiger partial charge in [0.25, 0.3) is 5.91 Å². The fourth-order valence-electron chi connectivity index (χ4n) is 7.14. The summed E-state index contributed by atoms with van der Waals surface area (Å²) in [6.07, 6.45) is 3.35. The summed E-state index contributed by atoms with van der Waals surface area (Å²) < 4.78 is 0. The molecule has 5 rings (SSSR count). The van der Waals surface area contributed by atoms with E-state index in [-0.39, 0.29) is 29.7 Å². The van der Waals surface area contributed by atoms with Crippen molar-refractivity contribution in [3.05, 3.63) is 63.9 Å². The van der Waals surface area contributed by atoms with E-state index in [1.165, 1.54) is 10.5 Å². The highest BCUT2D eigenvalue weighted by atomic mass is 16.3. The van der Waals surface area contributed by atoms with Crippen molar-refractivity contribution in [2.45, 2.75) is 50.7 Å². The molecule has 0 aromatic heterocycles. The van der Waals surface area contributed by atoms with Gasteiger partial charge in [-0.15, -0.1) is 0 Å². The van der Waals surface area contributed by atoms with E-state index in [1.54, 1.807) is 14.1 Å². The first-order valence-electron chi connectivity index (χ1n) is 14.6. The van der Waals surface area contributed by atoms with Crippen molar-refractivity contribution in [2.75, 3.05) is 33.1 Å². The Kier molecular flexibility index (Phi) is 7.64. The number of nitrogens with two attached hydrogens (primary N) is 1. The molecule has 3 aliphatic rings. The number of aliphatic hydroxyl groups is 3. The standard InChI is InChI=1S/C33H39N3O7/c1-6-7-8-16-9-11-17(12-10-16)19-15-22(35(2)3)20-13-18-14-21-26(36(4)5)29(39)25(32(34)42)31(41)33(21,43)30(40)23(18)28(38)24(20)27(19)37/h9-12,15,18,21,26,37-38,41,43H,6-8,13-14H2,1-5H3,(H2,34,42)/t18-,21-,26+,33+/m1/s1. The molecule has 43 heavy (non-hydrogen) atoms. The average molecular weight is 590 g/mol. The number of nitrogens with zero attached hydrogens (tertiary/aromatic N) is 2. The molecule has 0 heterocycles. The Morgan fingerprint density at radius 1 is 1.07 bits per heavy atom. The number of hydrogen-bond donors (Lipinski definition) is 5. The number of carbonyl (C=O) groups is 3. The number of fused-ring (bicyclic) bond motifs is 3. The van der Waals surface area contributed by atoms with Gasteiger partial charge in [-0.25, -0.2) is 0 Å². The molecule has 1 amide bonds. The van der Waals surface area contributed by atoms with Gasteiger partial charge in [0.2, 0.25) is 5.78 Å². The molecule has 0 aliphatic heterocycles. The highest BCUT2D eigenvalue weighted by molar-refractivity contribution is 6.24. The number of unbranched alkanes of at least 4 members (excludes halogenated alkanes) is 1. The molecule has 0 saturated heterocycles. The molecule has 6 N–H and O–H groups in total.